The summed E-state index contributed by atoms with van der Waals surface area (Å²) in [6.45, 7) is 2.81. The van der Waals surface area contributed by atoms with Crippen molar-refractivity contribution in [3.8, 4) is 0 Å². The van der Waals surface area contributed by atoms with Crippen LogP contribution in [0.25, 0.3) is 0 Å². The summed E-state index contributed by atoms with van der Waals surface area (Å²) in [4.78, 5) is 6.12. The Bertz CT molecular complexity index is 625. The van der Waals surface area contributed by atoms with Gasteiger partial charge >= 0.3 is 0 Å². The van der Waals surface area contributed by atoms with Crippen LogP contribution in [0.2, 0.25) is 0 Å². The third-order valence-electron chi connectivity index (χ3n) is 3.43. The van der Waals surface area contributed by atoms with Crippen LogP contribution in [0.3, 0.4) is 0 Å². The first-order valence-electron chi connectivity index (χ1n) is 6.80. The number of pyridine rings is 1. The molecule has 110 valence electrons. The highest BCUT2D eigenvalue weighted by Gasteiger charge is 2.11. The second-order valence-electron chi connectivity index (χ2n) is 5.03. The molecule has 21 heavy (non-hydrogen) atoms. The van der Waals surface area contributed by atoms with Crippen molar-refractivity contribution in [1.82, 2.24) is 4.98 Å². The first-order valence-corrected chi connectivity index (χ1v) is 6.80. The minimum Gasteiger partial charge on any atom is -0.409 e. The number of rotatable bonds is 5. The van der Waals surface area contributed by atoms with E-state index in [1.807, 2.05) is 44.3 Å². The fourth-order valence-corrected chi connectivity index (χ4v) is 2.21. The Morgan fingerprint density at radius 2 is 2.00 bits per heavy atom. The summed E-state index contributed by atoms with van der Waals surface area (Å²) in [5.41, 5.74) is 9.77. The fourth-order valence-electron chi connectivity index (χ4n) is 2.21. The molecule has 5 nitrogen and oxygen atoms in total. The molecule has 3 N–H and O–H groups in total. The smallest absolute Gasteiger partial charge is 0.172 e. The van der Waals surface area contributed by atoms with E-state index in [0.29, 0.717) is 0 Å². The van der Waals surface area contributed by atoms with Crippen LogP contribution in [0.1, 0.15) is 16.7 Å². The van der Waals surface area contributed by atoms with Crippen LogP contribution < -0.4 is 10.6 Å². The molecule has 0 spiro atoms. The van der Waals surface area contributed by atoms with Crippen molar-refractivity contribution in [1.29, 1.82) is 0 Å². The summed E-state index contributed by atoms with van der Waals surface area (Å²) >= 11 is 0. The molecule has 0 atom stereocenters. The lowest BCUT2D eigenvalue weighted by molar-refractivity contribution is 0.318. The van der Waals surface area contributed by atoms with E-state index in [9.17, 15) is 0 Å². The highest BCUT2D eigenvalue weighted by atomic mass is 16.4. The Morgan fingerprint density at radius 1 is 1.29 bits per heavy atom. The quantitative estimate of drug-likeness (QED) is 0.382. The molecule has 0 bridgehead atoms. The normalized spacial score (nSPS) is 11.4. The van der Waals surface area contributed by atoms with Gasteiger partial charge in [0.25, 0.3) is 0 Å². The molecule has 0 aliphatic heterocycles. The molecule has 0 saturated carbocycles. The van der Waals surface area contributed by atoms with Gasteiger partial charge in [0.1, 0.15) is 0 Å². The molecule has 0 aliphatic rings. The molecular weight excluding hydrogens is 264 g/mol. The molecule has 0 amide bonds. The summed E-state index contributed by atoms with van der Waals surface area (Å²) < 4.78 is 0. The van der Waals surface area contributed by atoms with Crippen molar-refractivity contribution in [3.05, 3.63) is 59.4 Å². The predicted molar refractivity (Wildman–Crippen MR) is 84.9 cm³/mol. The van der Waals surface area contributed by atoms with Crippen molar-refractivity contribution in [2.24, 2.45) is 10.9 Å². The first-order chi connectivity index (χ1) is 10.1. The number of hydrogen-bond donors (Lipinski definition) is 2. The van der Waals surface area contributed by atoms with E-state index < -0.39 is 0 Å². The maximum atomic E-state index is 8.93. The summed E-state index contributed by atoms with van der Waals surface area (Å²) in [5, 5.41) is 12.1. The molecule has 0 saturated heterocycles. The van der Waals surface area contributed by atoms with Gasteiger partial charge in [0.2, 0.25) is 0 Å². The predicted octanol–water partition coefficient (Wildman–Crippen LogP) is 2.16. The van der Waals surface area contributed by atoms with Crippen LogP contribution in [-0.2, 0) is 6.42 Å². The Morgan fingerprint density at radius 3 is 2.67 bits per heavy atom. The zero-order chi connectivity index (χ0) is 15.2. The Balaban J connectivity index is 2.17. The number of aromatic nitrogens is 1. The van der Waals surface area contributed by atoms with E-state index in [1.54, 1.807) is 12.4 Å². The number of likely N-dealkylation sites (N-methyl/N-ethyl adjacent to an activating group) is 1. The maximum Gasteiger partial charge on any atom is 0.172 e. The van der Waals surface area contributed by atoms with Crippen molar-refractivity contribution < 1.29 is 5.21 Å². The molecule has 1 heterocycles. The van der Waals surface area contributed by atoms with Crippen LogP contribution in [-0.4, -0.2) is 29.6 Å². The van der Waals surface area contributed by atoms with E-state index >= 15 is 0 Å². The molecule has 2 rings (SSSR count). The molecule has 0 unspecified atom stereocenters. The van der Waals surface area contributed by atoms with Crippen LogP contribution in [0.15, 0.2) is 47.9 Å². The Labute approximate surface area is 124 Å². The third-order valence-corrected chi connectivity index (χ3v) is 3.43. The third kappa shape index (κ3) is 3.72. The van der Waals surface area contributed by atoms with Crippen molar-refractivity contribution in [3.63, 3.8) is 0 Å². The standard InChI is InChI=1S/C16H20N4O/c1-12-3-4-15(14(11-12)16(17)19-21)20(2)10-7-13-5-8-18-9-6-13/h3-6,8-9,11,21H,7,10H2,1-2H3,(H2,17,19). The first kappa shape index (κ1) is 14.8. The summed E-state index contributed by atoms with van der Waals surface area (Å²) in [7, 11) is 2.00. The minimum absolute atomic E-state index is 0.129. The largest absolute Gasteiger partial charge is 0.409 e. The van der Waals surface area contributed by atoms with Crippen molar-refractivity contribution in [2.75, 3.05) is 18.5 Å². The lowest BCUT2D eigenvalue weighted by Crippen LogP contribution is -2.25. The summed E-state index contributed by atoms with van der Waals surface area (Å²) in [5.74, 6) is 0.129. The average molecular weight is 284 g/mol. The zero-order valence-corrected chi connectivity index (χ0v) is 12.3. The van der Waals surface area contributed by atoms with E-state index in [1.165, 1.54) is 5.56 Å². The van der Waals surface area contributed by atoms with Crippen LogP contribution >= 0.6 is 0 Å². The monoisotopic (exact) mass is 284 g/mol. The van der Waals surface area contributed by atoms with Gasteiger partial charge in [0, 0.05) is 37.2 Å². The SMILES string of the molecule is Cc1ccc(N(C)CCc2ccncc2)c(/C(N)=N/O)c1. The van der Waals surface area contributed by atoms with Gasteiger partial charge in [0.15, 0.2) is 5.84 Å². The van der Waals surface area contributed by atoms with Gasteiger partial charge in [-0.2, -0.15) is 0 Å². The molecule has 5 heteroatoms. The number of nitrogens with zero attached hydrogens (tertiary/aromatic N) is 3. The zero-order valence-electron chi connectivity index (χ0n) is 12.3. The number of amidine groups is 1. The highest BCUT2D eigenvalue weighted by Crippen LogP contribution is 2.21. The lowest BCUT2D eigenvalue weighted by Gasteiger charge is -2.22. The molecule has 0 radical (unpaired) electrons. The molecule has 0 fully saturated rings. The van der Waals surface area contributed by atoms with Crippen molar-refractivity contribution in [2.45, 2.75) is 13.3 Å². The molecule has 0 aliphatic carbocycles. The highest BCUT2D eigenvalue weighted by molar-refractivity contribution is 6.02. The maximum absolute atomic E-state index is 8.93. The molecule has 2 aromatic rings. The summed E-state index contributed by atoms with van der Waals surface area (Å²) in [6.07, 6.45) is 4.49. The average Bonchev–Trinajstić information content (AvgIpc) is 2.52. The molecule has 1 aromatic carbocycles. The second kappa shape index (κ2) is 6.74. The number of nitrogens with two attached hydrogens (primary N) is 1. The van der Waals surface area contributed by atoms with E-state index in [2.05, 4.69) is 15.0 Å². The van der Waals surface area contributed by atoms with E-state index in [0.717, 1.165) is 29.8 Å². The lowest BCUT2D eigenvalue weighted by atomic mass is 10.1. The molecular formula is C16H20N4O. The van der Waals surface area contributed by atoms with Gasteiger partial charge in [-0.25, -0.2) is 0 Å². The van der Waals surface area contributed by atoms with Gasteiger partial charge < -0.3 is 15.8 Å². The van der Waals surface area contributed by atoms with Crippen LogP contribution in [0.5, 0.6) is 0 Å². The summed E-state index contributed by atoms with van der Waals surface area (Å²) in [6, 6.07) is 9.95. The fraction of sp³-hybridized carbons (Fsp3) is 0.250. The van der Waals surface area contributed by atoms with Gasteiger partial charge in [-0.15, -0.1) is 0 Å². The number of anilines is 1. The van der Waals surface area contributed by atoms with Gasteiger partial charge in [-0.1, -0.05) is 16.8 Å². The molecule has 1 aromatic heterocycles. The van der Waals surface area contributed by atoms with Crippen LogP contribution in [0, 0.1) is 6.92 Å². The van der Waals surface area contributed by atoms with Crippen molar-refractivity contribution >= 4 is 11.5 Å². The Kier molecular flexibility index (Phi) is 4.77. The number of aryl methyl sites for hydroxylation is 1. The van der Waals surface area contributed by atoms with Gasteiger partial charge in [-0.3, -0.25) is 4.98 Å². The Hall–Kier alpha value is -2.56. The second-order valence-corrected chi connectivity index (χ2v) is 5.03. The number of hydrogen-bond acceptors (Lipinski definition) is 4. The minimum atomic E-state index is 0.129. The van der Waals surface area contributed by atoms with Gasteiger partial charge in [-0.05, 0) is 43.2 Å². The van der Waals surface area contributed by atoms with Crippen LogP contribution in [0.4, 0.5) is 5.69 Å². The topological polar surface area (TPSA) is 74.7 Å². The van der Waals surface area contributed by atoms with E-state index in [-0.39, 0.29) is 5.84 Å². The van der Waals surface area contributed by atoms with Gasteiger partial charge in [0.05, 0.1) is 0 Å². The number of oxime groups is 1. The van der Waals surface area contributed by atoms with E-state index in [4.69, 9.17) is 10.9 Å². The number of benzene rings is 1.